The van der Waals surface area contributed by atoms with E-state index in [-0.39, 0.29) is 51.4 Å². The summed E-state index contributed by atoms with van der Waals surface area (Å²) in [7, 11) is 5.75. The normalized spacial score (nSPS) is 11.7. The highest BCUT2D eigenvalue weighted by atomic mass is 19.4. The first-order valence-corrected chi connectivity index (χ1v) is 12.5. The van der Waals surface area contributed by atoms with Crippen LogP contribution >= 0.6 is 0 Å². The second-order valence-electron chi connectivity index (χ2n) is 9.36. The molecule has 0 amide bonds. The van der Waals surface area contributed by atoms with E-state index < -0.39 is 40.4 Å². The molecule has 0 aliphatic heterocycles. The average Bonchev–Trinajstić information content (AvgIpc) is 3.50. The average molecular weight is 600 g/mol. The van der Waals surface area contributed by atoms with E-state index in [1.54, 1.807) is 7.05 Å². The smallest absolute Gasteiger partial charge is 0.417 e. The number of fused-ring (bicyclic) bond motifs is 2. The summed E-state index contributed by atoms with van der Waals surface area (Å²) in [5.74, 6) is -3.13. The van der Waals surface area contributed by atoms with E-state index in [0.717, 1.165) is 18.2 Å². The standard InChI is InChI=1S/C28H22F5N7O3/c1-35-18-11-20(26(41)13-8-16(29)23(37-38-34)17(30)9-13)40-7-5-6-14(25(18)40)22-15(28(31,32)33)10-19-24(27(22)43-4)36-21(12-42-3)39(19)2/h5-11,35H,12H2,1-4H3. The van der Waals surface area contributed by atoms with Crippen molar-refractivity contribution in [1.29, 1.82) is 0 Å². The number of nitrogens with one attached hydrogen (secondary N) is 1. The van der Waals surface area contributed by atoms with Gasteiger partial charge in [-0.3, -0.25) is 4.79 Å². The van der Waals surface area contributed by atoms with Gasteiger partial charge in [0.05, 0.1) is 35.1 Å². The van der Waals surface area contributed by atoms with Gasteiger partial charge >= 0.3 is 6.18 Å². The van der Waals surface area contributed by atoms with E-state index >= 15 is 0 Å². The van der Waals surface area contributed by atoms with Gasteiger partial charge in [0.15, 0.2) is 5.75 Å². The topological polar surface area (TPSA) is 119 Å². The summed E-state index contributed by atoms with van der Waals surface area (Å²) >= 11 is 0. The van der Waals surface area contributed by atoms with Crippen LogP contribution in [0.4, 0.5) is 33.3 Å². The van der Waals surface area contributed by atoms with Gasteiger partial charge in [0, 0.05) is 49.0 Å². The van der Waals surface area contributed by atoms with Crippen molar-refractivity contribution >= 4 is 33.7 Å². The Hall–Kier alpha value is -5.14. The lowest BCUT2D eigenvalue weighted by Crippen LogP contribution is -2.10. The Morgan fingerprint density at radius 3 is 2.44 bits per heavy atom. The molecule has 0 aliphatic carbocycles. The van der Waals surface area contributed by atoms with E-state index in [4.69, 9.17) is 15.0 Å². The lowest BCUT2D eigenvalue weighted by molar-refractivity contribution is -0.137. The van der Waals surface area contributed by atoms with Gasteiger partial charge in [-0.1, -0.05) is 11.2 Å². The second-order valence-corrected chi connectivity index (χ2v) is 9.36. The molecule has 0 unspecified atom stereocenters. The summed E-state index contributed by atoms with van der Waals surface area (Å²) in [6.07, 6.45) is -3.40. The molecule has 2 aromatic carbocycles. The SMILES string of the molecule is CNc1cc(C(=O)c2cc(F)c(N=[N+]=[N-])c(F)c2)n2cccc(-c3c(C(F)(F)F)cc4c(nc(COC)n4C)c3OC)c12. The van der Waals surface area contributed by atoms with Gasteiger partial charge in [-0.25, -0.2) is 13.8 Å². The minimum Gasteiger partial charge on any atom is -0.494 e. The van der Waals surface area contributed by atoms with Gasteiger partial charge in [-0.05, 0) is 35.9 Å². The number of benzene rings is 2. The maximum absolute atomic E-state index is 14.7. The van der Waals surface area contributed by atoms with Crippen molar-refractivity contribution in [2.24, 2.45) is 12.2 Å². The van der Waals surface area contributed by atoms with Crippen molar-refractivity contribution in [2.75, 3.05) is 26.6 Å². The zero-order chi connectivity index (χ0) is 31.2. The van der Waals surface area contributed by atoms with Crippen molar-refractivity contribution in [1.82, 2.24) is 14.0 Å². The zero-order valence-corrected chi connectivity index (χ0v) is 23.0. The van der Waals surface area contributed by atoms with Crippen molar-refractivity contribution in [3.05, 3.63) is 87.3 Å². The van der Waals surface area contributed by atoms with Crippen LogP contribution in [0.2, 0.25) is 0 Å². The first-order valence-electron chi connectivity index (χ1n) is 12.5. The Morgan fingerprint density at radius 2 is 1.86 bits per heavy atom. The van der Waals surface area contributed by atoms with Crippen LogP contribution in [-0.2, 0) is 24.6 Å². The fraction of sp³-hybridized carbons (Fsp3) is 0.214. The molecule has 222 valence electrons. The number of carbonyl (C=O) groups excluding carboxylic acids is 1. The van der Waals surface area contributed by atoms with Crippen LogP contribution in [0.1, 0.15) is 27.4 Å². The van der Waals surface area contributed by atoms with Gasteiger partial charge in [-0.2, -0.15) is 13.2 Å². The summed E-state index contributed by atoms with van der Waals surface area (Å²) in [6, 6.07) is 6.64. The molecule has 43 heavy (non-hydrogen) atoms. The predicted molar refractivity (Wildman–Crippen MR) is 148 cm³/mol. The van der Waals surface area contributed by atoms with Crippen molar-refractivity contribution in [3.8, 4) is 16.9 Å². The van der Waals surface area contributed by atoms with Gasteiger partial charge in [0.2, 0.25) is 5.78 Å². The third-order valence-electron chi connectivity index (χ3n) is 6.99. The number of halogens is 5. The number of alkyl halides is 3. The molecule has 5 aromatic rings. The highest BCUT2D eigenvalue weighted by Gasteiger charge is 2.38. The summed E-state index contributed by atoms with van der Waals surface area (Å²) in [5, 5.41) is 5.84. The number of imidazole rings is 1. The predicted octanol–water partition coefficient (Wildman–Crippen LogP) is 7.16. The number of carbonyl (C=O) groups is 1. The lowest BCUT2D eigenvalue weighted by atomic mass is 9.96. The number of nitrogens with zero attached hydrogens (tertiary/aromatic N) is 6. The van der Waals surface area contributed by atoms with Crippen molar-refractivity contribution < 1.29 is 36.2 Å². The molecule has 0 atom stereocenters. The monoisotopic (exact) mass is 599 g/mol. The van der Waals surface area contributed by atoms with E-state index in [2.05, 4.69) is 20.3 Å². The van der Waals surface area contributed by atoms with Crippen LogP contribution in [0.3, 0.4) is 0 Å². The molecule has 10 nitrogen and oxygen atoms in total. The summed E-state index contributed by atoms with van der Waals surface area (Å²) in [4.78, 5) is 20.4. The molecule has 3 aromatic heterocycles. The summed E-state index contributed by atoms with van der Waals surface area (Å²) < 4.78 is 86.5. The Labute approximate surface area is 239 Å². The van der Waals surface area contributed by atoms with Crippen LogP contribution in [0.5, 0.6) is 5.75 Å². The van der Waals surface area contributed by atoms with Crippen molar-refractivity contribution in [3.63, 3.8) is 0 Å². The molecule has 0 spiro atoms. The Morgan fingerprint density at radius 1 is 1.16 bits per heavy atom. The third-order valence-corrected chi connectivity index (χ3v) is 6.99. The van der Waals surface area contributed by atoms with E-state index in [1.165, 1.54) is 54.6 Å². The largest absolute Gasteiger partial charge is 0.494 e. The number of aromatic nitrogens is 3. The second kappa shape index (κ2) is 10.9. The van der Waals surface area contributed by atoms with Gasteiger partial charge in [0.25, 0.3) is 0 Å². The van der Waals surface area contributed by atoms with Gasteiger partial charge in [0.1, 0.15) is 35.3 Å². The minimum absolute atomic E-state index is 0.0414. The zero-order valence-electron chi connectivity index (χ0n) is 23.0. The van der Waals surface area contributed by atoms with Gasteiger partial charge < -0.3 is 23.8 Å². The first-order chi connectivity index (χ1) is 20.5. The van der Waals surface area contributed by atoms with Crippen LogP contribution in [-0.4, -0.2) is 41.0 Å². The quantitative estimate of drug-likeness (QED) is 0.0668. The highest BCUT2D eigenvalue weighted by Crippen LogP contribution is 2.48. The number of ether oxygens (including phenoxy) is 2. The number of hydrogen-bond donors (Lipinski definition) is 1. The Bertz CT molecular complexity index is 1950. The van der Waals surface area contributed by atoms with Gasteiger partial charge in [-0.15, -0.1) is 0 Å². The van der Waals surface area contributed by atoms with Crippen LogP contribution in [0.25, 0.3) is 38.1 Å². The van der Waals surface area contributed by atoms with E-state index in [0.29, 0.717) is 5.82 Å². The number of ketones is 1. The molecule has 0 bridgehead atoms. The lowest BCUT2D eigenvalue weighted by Gasteiger charge is -2.19. The van der Waals surface area contributed by atoms with Crippen molar-refractivity contribution in [2.45, 2.75) is 12.8 Å². The number of rotatable bonds is 8. The molecule has 0 saturated heterocycles. The number of azide groups is 1. The number of aryl methyl sites for hydroxylation is 1. The molecule has 5 rings (SSSR count). The van der Waals surface area contributed by atoms with E-state index in [9.17, 15) is 26.7 Å². The summed E-state index contributed by atoms with van der Waals surface area (Å²) in [6.45, 7) is 0.0414. The third kappa shape index (κ3) is 4.77. The molecule has 3 heterocycles. The molecular formula is C28H22F5N7O3. The molecule has 1 N–H and O–H groups in total. The molecule has 0 saturated carbocycles. The fourth-order valence-corrected chi connectivity index (χ4v) is 5.10. The fourth-order valence-electron chi connectivity index (χ4n) is 5.10. The Balaban J connectivity index is 1.82. The maximum Gasteiger partial charge on any atom is 0.417 e. The maximum atomic E-state index is 14.7. The molecular weight excluding hydrogens is 577 g/mol. The van der Waals surface area contributed by atoms with Crippen LogP contribution in [0, 0.1) is 11.6 Å². The van der Waals surface area contributed by atoms with Crippen LogP contribution < -0.4 is 10.1 Å². The number of pyridine rings is 1. The highest BCUT2D eigenvalue weighted by molar-refractivity contribution is 6.11. The summed E-state index contributed by atoms with van der Waals surface area (Å²) in [5.41, 5.74) is 6.61. The molecule has 15 heteroatoms. The molecule has 0 aliphatic rings. The minimum atomic E-state index is -4.83. The number of anilines is 1. The molecule has 0 fully saturated rings. The Kier molecular flexibility index (Phi) is 7.46. The number of hydrogen-bond acceptors (Lipinski definition) is 6. The number of methoxy groups -OCH3 is 2. The van der Waals surface area contributed by atoms with E-state index in [1.807, 2.05) is 0 Å². The van der Waals surface area contributed by atoms with Crippen LogP contribution in [0.15, 0.2) is 47.7 Å². The molecule has 0 radical (unpaired) electrons. The first kappa shape index (κ1) is 29.4.